The molecular weight excluding hydrogens is 378 g/mol. The van der Waals surface area contributed by atoms with Crippen molar-refractivity contribution in [3.8, 4) is 0 Å². The highest BCUT2D eigenvalue weighted by molar-refractivity contribution is 8.00. The molecule has 2 rings (SSSR count). The van der Waals surface area contributed by atoms with Crippen LogP contribution >= 0.6 is 35.1 Å². The second kappa shape index (κ2) is 9.31. The Morgan fingerprint density at radius 1 is 1.40 bits per heavy atom. The number of benzene rings is 1. The molecule has 0 saturated carbocycles. The first-order valence-electron chi connectivity index (χ1n) is 7.80. The molecule has 134 valence electrons. The smallest absolute Gasteiger partial charge is 0.251 e. The molecule has 1 heterocycles. The maximum absolute atomic E-state index is 12.4. The number of nitrogens with one attached hydrogen (secondary N) is 2. The lowest BCUT2D eigenvalue weighted by atomic mass is 10.2. The fraction of sp³-hybridized carbons (Fsp3) is 0.353. The van der Waals surface area contributed by atoms with Gasteiger partial charge >= 0.3 is 0 Å². The van der Waals surface area contributed by atoms with E-state index in [0.29, 0.717) is 21.6 Å². The molecule has 5 nitrogen and oxygen atoms in total. The minimum Gasteiger partial charge on any atom is -0.325 e. The fourth-order valence-corrected chi connectivity index (χ4v) is 3.57. The number of hydrogen-bond donors (Lipinski definition) is 2. The van der Waals surface area contributed by atoms with Gasteiger partial charge in [0.25, 0.3) is 5.56 Å². The highest BCUT2D eigenvalue weighted by Crippen LogP contribution is 2.24. The molecule has 1 unspecified atom stereocenters. The second-order valence-electron chi connectivity index (χ2n) is 5.39. The predicted octanol–water partition coefficient (Wildman–Crippen LogP) is 4.10. The SMILES string of the molecule is CCSCc1cc(=O)[nH]c(SC(C)C(=O)Nc2cc(Cl)ccc2C)n1. The average molecular weight is 398 g/mol. The van der Waals surface area contributed by atoms with Gasteiger partial charge in [-0.25, -0.2) is 4.98 Å². The molecule has 0 fully saturated rings. The number of hydrogen-bond acceptors (Lipinski definition) is 5. The van der Waals surface area contributed by atoms with Crippen LogP contribution in [0, 0.1) is 6.92 Å². The molecule has 1 aromatic heterocycles. The van der Waals surface area contributed by atoms with Crippen molar-refractivity contribution in [2.24, 2.45) is 0 Å². The summed E-state index contributed by atoms with van der Waals surface area (Å²) >= 11 is 8.89. The minimum atomic E-state index is -0.421. The van der Waals surface area contributed by atoms with Gasteiger partial charge in [0.15, 0.2) is 5.16 Å². The third kappa shape index (κ3) is 6.09. The third-order valence-corrected chi connectivity index (χ3v) is 5.47. The molecule has 1 atom stereocenters. The zero-order valence-electron chi connectivity index (χ0n) is 14.3. The second-order valence-corrected chi connectivity index (χ2v) is 8.43. The summed E-state index contributed by atoms with van der Waals surface area (Å²) in [4.78, 5) is 31.3. The lowest BCUT2D eigenvalue weighted by molar-refractivity contribution is -0.115. The van der Waals surface area contributed by atoms with Crippen LogP contribution in [-0.2, 0) is 10.5 Å². The Bertz CT molecular complexity index is 811. The number of H-pyrrole nitrogens is 1. The number of anilines is 1. The molecular formula is C17H20ClN3O2S2. The summed E-state index contributed by atoms with van der Waals surface area (Å²) in [5, 5.41) is 3.46. The van der Waals surface area contributed by atoms with E-state index in [1.54, 1.807) is 30.8 Å². The number of amides is 1. The zero-order chi connectivity index (χ0) is 18.4. The van der Waals surface area contributed by atoms with Crippen LogP contribution in [-0.4, -0.2) is 26.9 Å². The molecule has 0 aliphatic carbocycles. The van der Waals surface area contributed by atoms with Crippen molar-refractivity contribution in [3.63, 3.8) is 0 Å². The fourth-order valence-electron chi connectivity index (χ4n) is 2.00. The van der Waals surface area contributed by atoms with Crippen LogP contribution in [0.25, 0.3) is 0 Å². The Balaban J connectivity index is 2.07. The highest BCUT2D eigenvalue weighted by atomic mass is 35.5. The van der Waals surface area contributed by atoms with Crippen molar-refractivity contribution in [2.45, 2.75) is 36.9 Å². The van der Waals surface area contributed by atoms with Crippen LogP contribution in [0.4, 0.5) is 5.69 Å². The van der Waals surface area contributed by atoms with Gasteiger partial charge in [-0.1, -0.05) is 36.4 Å². The number of carbonyl (C=O) groups is 1. The van der Waals surface area contributed by atoms with Crippen molar-refractivity contribution in [3.05, 3.63) is 50.9 Å². The van der Waals surface area contributed by atoms with Crippen LogP contribution in [0.2, 0.25) is 5.02 Å². The molecule has 0 spiro atoms. The Morgan fingerprint density at radius 2 is 2.16 bits per heavy atom. The minimum absolute atomic E-state index is 0.175. The Labute approximate surface area is 160 Å². The lowest BCUT2D eigenvalue weighted by Crippen LogP contribution is -2.23. The molecule has 1 amide bonds. The van der Waals surface area contributed by atoms with Crippen molar-refractivity contribution >= 4 is 46.7 Å². The van der Waals surface area contributed by atoms with Gasteiger partial charge in [0.2, 0.25) is 5.91 Å². The largest absolute Gasteiger partial charge is 0.325 e. The molecule has 8 heteroatoms. The van der Waals surface area contributed by atoms with Gasteiger partial charge in [0, 0.05) is 22.5 Å². The van der Waals surface area contributed by atoms with E-state index in [9.17, 15) is 9.59 Å². The number of halogens is 1. The number of aromatic amines is 1. The molecule has 1 aromatic carbocycles. The van der Waals surface area contributed by atoms with Crippen molar-refractivity contribution < 1.29 is 4.79 Å². The molecule has 0 aliphatic rings. The normalized spacial score (nSPS) is 12.0. The van der Waals surface area contributed by atoms with Gasteiger partial charge in [-0.05, 0) is 37.3 Å². The number of nitrogens with zero attached hydrogens (tertiary/aromatic N) is 1. The number of aromatic nitrogens is 2. The van der Waals surface area contributed by atoms with Crippen molar-refractivity contribution in [1.82, 2.24) is 9.97 Å². The Kier molecular flexibility index (Phi) is 7.40. The van der Waals surface area contributed by atoms with Crippen LogP contribution in [0.5, 0.6) is 0 Å². The van der Waals surface area contributed by atoms with Crippen LogP contribution in [0.15, 0.2) is 34.2 Å². The van der Waals surface area contributed by atoms with E-state index in [2.05, 4.69) is 22.2 Å². The quantitative estimate of drug-likeness (QED) is 0.543. The molecule has 2 aromatic rings. The van der Waals surface area contributed by atoms with Crippen LogP contribution in [0.3, 0.4) is 0 Å². The lowest BCUT2D eigenvalue weighted by Gasteiger charge is -2.13. The van der Waals surface area contributed by atoms with E-state index >= 15 is 0 Å². The third-order valence-electron chi connectivity index (χ3n) is 3.34. The van der Waals surface area contributed by atoms with E-state index in [1.807, 2.05) is 13.0 Å². The summed E-state index contributed by atoms with van der Waals surface area (Å²) in [5.74, 6) is 1.46. The first kappa shape index (κ1) is 19.9. The maximum atomic E-state index is 12.4. The first-order chi connectivity index (χ1) is 11.9. The molecule has 0 aliphatic heterocycles. The zero-order valence-corrected chi connectivity index (χ0v) is 16.6. The van der Waals surface area contributed by atoms with Crippen molar-refractivity contribution in [1.29, 1.82) is 0 Å². The van der Waals surface area contributed by atoms with E-state index in [1.165, 1.54) is 17.8 Å². The maximum Gasteiger partial charge on any atom is 0.251 e. The topological polar surface area (TPSA) is 74.8 Å². The Morgan fingerprint density at radius 3 is 2.88 bits per heavy atom. The van der Waals surface area contributed by atoms with Gasteiger partial charge in [-0.15, -0.1) is 0 Å². The van der Waals surface area contributed by atoms with Gasteiger partial charge < -0.3 is 10.3 Å². The number of carbonyl (C=O) groups excluding carboxylic acids is 1. The highest BCUT2D eigenvalue weighted by Gasteiger charge is 2.17. The standard InChI is InChI=1S/C17H20ClN3O2S2/c1-4-24-9-13-8-15(22)21-17(19-13)25-11(3)16(23)20-14-7-12(18)6-5-10(14)2/h5-8,11H,4,9H2,1-3H3,(H,20,23)(H,19,21,22). The number of thioether (sulfide) groups is 2. The number of rotatable bonds is 7. The predicted molar refractivity (Wildman–Crippen MR) is 107 cm³/mol. The summed E-state index contributed by atoms with van der Waals surface area (Å²) in [7, 11) is 0. The van der Waals surface area contributed by atoms with Crippen LogP contribution in [0.1, 0.15) is 25.1 Å². The van der Waals surface area contributed by atoms with Gasteiger partial charge in [0.05, 0.1) is 10.9 Å². The van der Waals surface area contributed by atoms with E-state index in [4.69, 9.17) is 11.6 Å². The van der Waals surface area contributed by atoms with E-state index < -0.39 is 5.25 Å². The summed E-state index contributed by atoms with van der Waals surface area (Å²) in [6.07, 6.45) is 0. The molecule has 25 heavy (non-hydrogen) atoms. The number of aryl methyl sites for hydroxylation is 1. The first-order valence-corrected chi connectivity index (χ1v) is 10.2. The summed E-state index contributed by atoms with van der Waals surface area (Å²) in [6.45, 7) is 5.72. The van der Waals surface area contributed by atoms with Gasteiger partial charge in [0.1, 0.15) is 0 Å². The molecule has 0 saturated heterocycles. The molecule has 0 radical (unpaired) electrons. The van der Waals surface area contributed by atoms with E-state index in [-0.39, 0.29) is 11.5 Å². The summed E-state index contributed by atoms with van der Waals surface area (Å²) < 4.78 is 0. The van der Waals surface area contributed by atoms with Crippen molar-refractivity contribution in [2.75, 3.05) is 11.1 Å². The summed E-state index contributed by atoms with van der Waals surface area (Å²) in [5.41, 5.74) is 2.12. The Hall–Kier alpha value is -1.44. The average Bonchev–Trinajstić information content (AvgIpc) is 2.55. The molecule has 0 bridgehead atoms. The van der Waals surface area contributed by atoms with E-state index in [0.717, 1.165) is 17.0 Å². The van der Waals surface area contributed by atoms with Gasteiger partial charge in [-0.3, -0.25) is 9.59 Å². The summed E-state index contributed by atoms with van der Waals surface area (Å²) in [6, 6.07) is 6.84. The van der Waals surface area contributed by atoms with Gasteiger partial charge in [-0.2, -0.15) is 11.8 Å². The molecule has 2 N–H and O–H groups in total. The van der Waals surface area contributed by atoms with Crippen LogP contribution < -0.4 is 10.9 Å². The monoisotopic (exact) mass is 397 g/mol.